The van der Waals surface area contributed by atoms with Crippen molar-refractivity contribution in [1.82, 2.24) is 5.32 Å². The van der Waals surface area contributed by atoms with Crippen LogP contribution in [0.25, 0.3) is 0 Å². The van der Waals surface area contributed by atoms with Crippen LogP contribution >= 0.6 is 11.8 Å². The summed E-state index contributed by atoms with van der Waals surface area (Å²) >= 11 is 1.19. The van der Waals surface area contributed by atoms with E-state index in [0.29, 0.717) is 10.9 Å². The lowest BCUT2D eigenvalue weighted by atomic mass is 10.2. The van der Waals surface area contributed by atoms with E-state index in [0.717, 1.165) is 5.69 Å². The Morgan fingerprint density at radius 3 is 2.59 bits per heavy atom. The molecule has 1 unspecified atom stereocenters. The van der Waals surface area contributed by atoms with Crippen molar-refractivity contribution in [3.63, 3.8) is 0 Å². The van der Waals surface area contributed by atoms with Crippen molar-refractivity contribution in [2.75, 3.05) is 24.3 Å². The van der Waals surface area contributed by atoms with Crippen LogP contribution in [-0.2, 0) is 9.59 Å². The van der Waals surface area contributed by atoms with E-state index in [1.807, 2.05) is 43.3 Å². The molecule has 0 radical (unpaired) electrons. The molecule has 27 heavy (non-hydrogen) atoms. The quantitative estimate of drug-likeness (QED) is 0.828. The molecule has 8 heteroatoms. The summed E-state index contributed by atoms with van der Waals surface area (Å²) < 4.78 is 13.6. The highest BCUT2D eigenvalue weighted by Crippen LogP contribution is 2.26. The Balaban J connectivity index is 1.61. The molecule has 0 saturated carbocycles. The van der Waals surface area contributed by atoms with Gasteiger partial charge in [0, 0.05) is 26.2 Å². The van der Waals surface area contributed by atoms with Crippen molar-refractivity contribution in [2.45, 2.75) is 11.7 Å². The molecule has 2 amide bonds. The van der Waals surface area contributed by atoms with Crippen LogP contribution < -0.4 is 15.5 Å². The predicted octanol–water partition coefficient (Wildman–Crippen LogP) is 3.14. The first-order valence-electron chi connectivity index (χ1n) is 8.30. The van der Waals surface area contributed by atoms with Crippen LogP contribution in [0.1, 0.15) is 6.42 Å². The smallest absolute Gasteiger partial charge is 0.240 e. The van der Waals surface area contributed by atoms with E-state index in [-0.39, 0.29) is 18.0 Å². The van der Waals surface area contributed by atoms with Crippen molar-refractivity contribution < 1.29 is 14.0 Å². The summed E-state index contributed by atoms with van der Waals surface area (Å²) in [4.78, 5) is 30.6. The van der Waals surface area contributed by atoms with E-state index in [9.17, 15) is 14.0 Å². The Morgan fingerprint density at radius 2 is 1.93 bits per heavy atom. The molecule has 0 bridgehead atoms. The number of amides is 2. The van der Waals surface area contributed by atoms with Crippen molar-refractivity contribution in [3.05, 3.63) is 54.3 Å². The maximum absolute atomic E-state index is 13.6. The number of carbonyl (C=O) groups is 2. The Bertz CT molecular complexity index is 884. The lowest BCUT2D eigenvalue weighted by Gasteiger charge is -2.11. The van der Waals surface area contributed by atoms with Gasteiger partial charge in [-0.2, -0.15) is 0 Å². The number of carbonyl (C=O) groups excluding carboxylic acids is 2. The normalized spacial score (nSPS) is 17.7. The number of halogens is 1. The number of hydrogen-bond donors (Lipinski definition) is 2. The first kappa shape index (κ1) is 18.9. The molecule has 0 aliphatic carbocycles. The maximum atomic E-state index is 13.6. The molecule has 6 nitrogen and oxygen atoms in total. The van der Waals surface area contributed by atoms with E-state index >= 15 is 0 Å². The van der Waals surface area contributed by atoms with E-state index in [1.54, 1.807) is 12.1 Å². The van der Waals surface area contributed by atoms with Crippen LogP contribution in [0.4, 0.5) is 21.5 Å². The van der Waals surface area contributed by atoms with Gasteiger partial charge in [0.05, 0.1) is 11.4 Å². The number of thioether (sulfide) groups is 1. The summed E-state index contributed by atoms with van der Waals surface area (Å²) in [5.41, 5.74) is 1.85. The van der Waals surface area contributed by atoms with Crippen LogP contribution in [0.2, 0.25) is 0 Å². The third kappa shape index (κ3) is 4.85. The lowest BCUT2D eigenvalue weighted by Crippen LogP contribution is -2.28. The van der Waals surface area contributed by atoms with Crippen LogP contribution in [0.15, 0.2) is 53.5 Å². The van der Waals surface area contributed by atoms with Gasteiger partial charge in [0.15, 0.2) is 5.17 Å². The molecule has 0 aromatic heterocycles. The van der Waals surface area contributed by atoms with Gasteiger partial charge in [-0.1, -0.05) is 23.9 Å². The molecule has 0 spiro atoms. The fraction of sp³-hybridized carbons (Fsp3) is 0.211. The van der Waals surface area contributed by atoms with Gasteiger partial charge in [-0.15, -0.1) is 0 Å². The number of aliphatic imine (C=N–C) groups is 1. The highest BCUT2D eigenvalue weighted by atomic mass is 32.2. The third-order valence-electron chi connectivity index (χ3n) is 3.89. The number of anilines is 2. The van der Waals surface area contributed by atoms with Crippen LogP contribution in [-0.4, -0.2) is 36.3 Å². The molecule has 2 aromatic carbocycles. The minimum atomic E-state index is -0.600. The Kier molecular flexibility index (Phi) is 5.75. The second-order valence-corrected chi connectivity index (χ2v) is 7.35. The molecule has 1 aliphatic heterocycles. The monoisotopic (exact) mass is 386 g/mol. The first-order chi connectivity index (χ1) is 12.9. The van der Waals surface area contributed by atoms with Gasteiger partial charge in [-0.3, -0.25) is 9.59 Å². The van der Waals surface area contributed by atoms with E-state index in [4.69, 9.17) is 0 Å². The zero-order valence-electron chi connectivity index (χ0n) is 14.9. The fourth-order valence-electron chi connectivity index (χ4n) is 2.47. The highest BCUT2D eigenvalue weighted by molar-refractivity contribution is 8.15. The molecule has 1 saturated heterocycles. The second kappa shape index (κ2) is 8.22. The molecule has 3 rings (SSSR count). The Hall–Kier alpha value is -2.87. The zero-order chi connectivity index (χ0) is 19.4. The summed E-state index contributed by atoms with van der Waals surface area (Å²) in [6.45, 7) is 0. The predicted molar refractivity (Wildman–Crippen MR) is 107 cm³/mol. The summed E-state index contributed by atoms with van der Waals surface area (Å²) in [5.74, 6) is -1.23. The van der Waals surface area contributed by atoms with Gasteiger partial charge in [-0.25, -0.2) is 9.38 Å². The number of amidine groups is 1. The molecule has 1 atom stereocenters. The van der Waals surface area contributed by atoms with Gasteiger partial charge in [0.2, 0.25) is 11.8 Å². The van der Waals surface area contributed by atoms with Crippen molar-refractivity contribution in [3.8, 4) is 0 Å². The minimum absolute atomic E-state index is 0.0661. The van der Waals surface area contributed by atoms with Gasteiger partial charge in [0.1, 0.15) is 11.1 Å². The fourth-order valence-corrected chi connectivity index (χ4v) is 3.45. The molecular formula is C19H19FN4O2S. The van der Waals surface area contributed by atoms with Crippen LogP contribution in [0, 0.1) is 5.82 Å². The average molecular weight is 386 g/mol. The molecule has 2 N–H and O–H groups in total. The maximum Gasteiger partial charge on any atom is 0.240 e. The van der Waals surface area contributed by atoms with Crippen molar-refractivity contribution in [1.29, 1.82) is 0 Å². The Labute approximate surface area is 160 Å². The standard InChI is InChI=1S/C19H19FN4O2S/c1-24(2)13-9-7-12(8-10-13)21-19-23-18(26)16(27-19)11-17(25)22-15-6-4-3-5-14(15)20/h3-10,16H,11H2,1-2H3,(H,22,25)(H,21,23,26). The third-order valence-corrected chi connectivity index (χ3v) is 4.97. The van der Waals surface area contributed by atoms with Crippen LogP contribution in [0.5, 0.6) is 0 Å². The number of nitrogens with one attached hydrogen (secondary N) is 2. The largest absolute Gasteiger partial charge is 0.378 e. The summed E-state index contributed by atoms with van der Waals surface area (Å²) in [7, 11) is 3.90. The van der Waals surface area contributed by atoms with Gasteiger partial charge >= 0.3 is 0 Å². The van der Waals surface area contributed by atoms with Gasteiger partial charge in [-0.05, 0) is 36.4 Å². The van der Waals surface area contributed by atoms with Gasteiger partial charge in [0.25, 0.3) is 0 Å². The van der Waals surface area contributed by atoms with E-state index in [1.165, 1.54) is 23.9 Å². The first-order valence-corrected chi connectivity index (χ1v) is 9.18. The number of nitrogens with zero attached hydrogens (tertiary/aromatic N) is 2. The summed E-state index contributed by atoms with van der Waals surface area (Å²) in [6.07, 6.45) is -0.0661. The molecule has 1 heterocycles. The van der Waals surface area contributed by atoms with Crippen molar-refractivity contribution in [2.24, 2.45) is 4.99 Å². The number of benzene rings is 2. The molecular weight excluding hydrogens is 367 g/mol. The molecule has 2 aromatic rings. The van der Waals surface area contributed by atoms with E-state index < -0.39 is 17.0 Å². The van der Waals surface area contributed by atoms with Crippen molar-refractivity contribution >= 4 is 45.8 Å². The summed E-state index contributed by atoms with van der Waals surface area (Å²) in [5, 5.41) is 5.01. The average Bonchev–Trinajstić information content (AvgIpc) is 2.96. The number of hydrogen-bond acceptors (Lipinski definition) is 5. The molecule has 140 valence electrons. The minimum Gasteiger partial charge on any atom is -0.378 e. The highest BCUT2D eigenvalue weighted by Gasteiger charge is 2.32. The topological polar surface area (TPSA) is 73.8 Å². The van der Waals surface area contributed by atoms with E-state index in [2.05, 4.69) is 15.6 Å². The lowest BCUT2D eigenvalue weighted by molar-refractivity contribution is -0.122. The molecule has 1 fully saturated rings. The SMILES string of the molecule is CN(C)c1ccc(N=C2NC(=O)C(CC(=O)Nc3ccccc3F)S2)cc1. The van der Waals surface area contributed by atoms with Gasteiger partial charge < -0.3 is 15.5 Å². The molecule has 1 aliphatic rings. The Morgan fingerprint density at radius 1 is 1.22 bits per heavy atom. The zero-order valence-corrected chi connectivity index (χ0v) is 15.7. The summed E-state index contributed by atoms with van der Waals surface area (Å²) in [6, 6.07) is 13.5. The number of rotatable bonds is 5. The van der Waals surface area contributed by atoms with Crippen LogP contribution in [0.3, 0.4) is 0 Å². The second-order valence-electron chi connectivity index (χ2n) is 6.16. The number of para-hydroxylation sites is 1.